The fraction of sp³-hybridized carbons (Fsp3) is 0.954. The predicted octanol–water partition coefficient (Wildman–Crippen LogP) is 21.5. The van der Waals surface area contributed by atoms with Gasteiger partial charge in [-0.1, -0.05) is 324 Å². The predicted molar refractivity (Wildman–Crippen MR) is 307 cm³/mol. The molecule has 6 heteroatoms. The second-order valence-corrected chi connectivity index (χ2v) is 23.8. The van der Waals surface area contributed by atoms with Gasteiger partial charge in [0.25, 0.3) is 0 Å². The number of unbranched alkanes of at least 4 members (excludes halogenated alkanes) is 41. The van der Waals surface area contributed by atoms with Crippen molar-refractivity contribution < 1.29 is 28.6 Å². The minimum Gasteiger partial charge on any atom is -0.462 e. The van der Waals surface area contributed by atoms with Gasteiger partial charge >= 0.3 is 17.9 Å². The summed E-state index contributed by atoms with van der Waals surface area (Å²) in [6.45, 7) is 13.8. The zero-order valence-corrected chi connectivity index (χ0v) is 49.0. The first-order valence-corrected chi connectivity index (χ1v) is 32.1. The molecule has 0 amide bonds. The molecule has 71 heavy (non-hydrogen) atoms. The second-order valence-electron chi connectivity index (χ2n) is 23.8. The van der Waals surface area contributed by atoms with E-state index in [4.69, 9.17) is 14.2 Å². The summed E-state index contributed by atoms with van der Waals surface area (Å²) in [5.74, 6) is 1.71. The fourth-order valence-electron chi connectivity index (χ4n) is 10.1. The lowest BCUT2D eigenvalue weighted by Crippen LogP contribution is -2.30. The number of esters is 3. The molecule has 422 valence electrons. The van der Waals surface area contributed by atoms with Crippen molar-refractivity contribution >= 4 is 17.9 Å². The third-order valence-corrected chi connectivity index (χ3v) is 14.9. The Morgan fingerprint density at radius 1 is 0.239 bits per heavy atom. The monoisotopic (exact) mass is 1000 g/mol. The molecule has 0 fully saturated rings. The molecule has 0 bridgehead atoms. The van der Waals surface area contributed by atoms with Crippen LogP contribution in [0.1, 0.15) is 363 Å². The van der Waals surface area contributed by atoms with Crippen molar-refractivity contribution in [3.63, 3.8) is 0 Å². The van der Waals surface area contributed by atoms with Crippen LogP contribution in [0.2, 0.25) is 0 Å². The summed E-state index contributed by atoms with van der Waals surface area (Å²) in [7, 11) is 0. The standard InChI is InChI=1S/C65H126O6/c1-59(2)51-45-39-33-27-21-15-10-7-8-12-18-24-30-36-42-48-54-63(66)69-57-62(71-65(68)56-50-44-38-32-26-20-14-17-23-29-35-41-47-53-61(5)6)58-70-64(67)55-49-43-37-31-25-19-13-9-11-16-22-28-34-40-46-52-60(3)4/h59-62H,7-58H2,1-6H3/t62-/m1/s1. The van der Waals surface area contributed by atoms with Gasteiger partial charge in [-0.25, -0.2) is 0 Å². The number of hydrogen-bond acceptors (Lipinski definition) is 6. The molecule has 0 unspecified atom stereocenters. The lowest BCUT2D eigenvalue weighted by Gasteiger charge is -2.18. The highest BCUT2D eigenvalue weighted by Crippen LogP contribution is 2.19. The van der Waals surface area contributed by atoms with Gasteiger partial charge in [0, 0.05) is 19.3 Å². The lowest BCUT2D eigenvalue weighted by molar-refractivity contribution is -0.167. The van der Waals surface area contributed by atoms with Gasteiger partial charge in [-0.05, 0) is 37.0 Å². The Hall–Kier alpha value is -1.59. The Labute approximate surface area is 444 Å². The molecule has 0 heterocycles. The highest BCUT2D eigenvalue weighted by molar-refractivity contribution is 5.71. The normalized spacial score (nSPS) is 12.1. The van der Waals surface area contributed by atoms with Crippen LogP contribution in [0.5, 0.6) is 0 Å². The van der Waals surface area contributed by atoms with Crippen molar-refractivity contribution in [3.8, 4) is 0 Å². The third-order valence-electron chi connectivity index (χ3n) is 14.9. The van der Waals surface area contributed by atoms with Crippen molar-refractivity contribution in [1.82, 2.24) is 0 Å². The van der Waals surface area contributed by atoms with E-state index in [1.807, 2.05) is 0 Å². The smallest absolute Gasteiger partial charge is 0.306 e. The zero-order valence-electron chi connectivity index (χ0n) is 49.0. The van der Waals surface area contributed by atoms with E-state index in [0.717, 1.165) is 75.5 Å². The molecule has 0 aromatic rings. The molecule has 1 atom stereocenters. The average molecular weight is 1000 g/mol. The quantitative estimate of drug-likeness (QED) is 0.0343. The van der Waals surface area contributed by atoms with Crippen molar-refractivity contribution in [2.75, 3.05) is 13.2 Å². The van der Waals surface area contributed by atoms with Crippen molar-refractivity contribution in [3.05, 3.63) is 0 Å². The minimum atomic E-state index is -0.764. The topological polar surface area (TPSA) is 78.9 Å². The maximum Gasteiger partial charge on any atom is 0.306 e. The van der Waals surface area contributed by atoms with Gasteiger partial charge in [-0.15, -0.1) is 0 Å². The van der Waals surface area contributed by atoms with E-state index >= 15 is 0 Å². The maximum absolute atomic E-state index is 12.9. The van der Waals surface area contributed by atoms with Crippen LogP contribution >= 0.6 is 0 Å². The van der Waals surface area contributed by atoms with E-state index in [9.17, 15) is 14.4 Å². The lowest BCUT2D eigenvalue weighted by atomic mass is 10.0. The highest BCUT2D eigenvalue weighted by Gasteiger charge is 2.19. The second kappa shape index (κ2) is 56.1. The molecule has 0 saturated carbocycles. The number of hydrogen-bond donors (Lipinski definition) is 0. The number of rotatable bonds is 58. The van der Waals surface area contributed by atoms with Gasteiger partial charge < -0.3 is 14.2 Å². The molecule has 0 aliphatic rings. The van der Waals surface area contributed by atoms with Crippen LogP contribution in [0.4, 0.5) is 0 Å². The summed E-state index contributed by atoms with van der Waals surface area (Å²) in [5, 5.41) is 0. The van der Waals surface area contributed by atoms with Crippen LogP contribution in [0.25, 0.3) is 0 Å². The van der Waals surface area contributed by atoms with Crippen molar-refractivity contribution in [2.24, 2.45) is 17.8 Å². The Morgan fingerprint density at radius 3 is 0.606 bits per heavy atom. The van der Waals surface area contributed by atoms with E-state index < -0.39 is 6.10 Å². The Bertz CT molecular complexity index is 1100. The number of carbonyl (C=O) groups is 3. The van der Waals surface area contributed by atoms with Gasteiger partial charge in [0.2, 0.25) is 0 Å². The molecule has 0 aromatic heterocycles. The molecule has 6 nitrogen and oxygen atoms in total. The molecule has 0 aliphatic heterocycles. The van der Waals surface area contributed by atoms with Gasteiger partial charge in [0.1, 0.15) is 13.2 Å². The molecule has 0 saturated heterocycles. The van der Waals surface area contributed by atoms with Crippen LogP contribution in [-0.2, 0) is 28.6 Å². The molecule has 0 radical (unpaired) electrons. The minimum absolute atomic E-state index is 0.0625. The Morgan fingerprint density at radius 2 is 0.408 bits per heavy atom. The van der Waals surface area contributed by atoms with Gasteiger partial charge in [-0.3, -0.25) is 14.4 Å². The van der Waals surface area contributed by atoms with Crippen LogP contribution < -0.4 is 0 Å². The van der Waals surface area contributed by atoms with Crippen LogP contribution in [0.15, 0.2) is 0 Å². The molecule has 0 aromatic carbocycles. The van der Waals surface area contributed by atoms with E-state index in [1.165, 1.54) is 244 Å². The Balaban J connectivity index is 4.28. The van der Waals surface area contributed by atoms with E-state index in [2.05, 4.69) is 41.5 Å². The largest absolute Gasteiger partial charge is 0.462 e. The Kier molecular flexibility index (Phi) is 54.9. The van der Waals surface area contributed by atoms with Gasteiger partial charge in [0.05, 0.1) is 0 Å². The third kappa shape index (κ3) is 59.2. The first-order valence-electron chi connectivity index (χ1n) is 32.1. The van der Waals surface area contributed by atoms with Crippen molar-refractivity contribution in [1.29, 1.82) is 0 Å². The van der Waals surface area contributed by atoms with Gasteiger partial charge in [-0.2, -0.15) is 0 Å². The van der Waals surface area contributed by atoms with Crippen LogP contribution in [-0.4, -0.2) is 37.2 Å². The summed E-state index contributed by atoms with van der Waals surface area (Å²) in [6.07, 6.45) is 61.0. The van der Waals surface area contributed by atoms with E-state index in [1.54, 1.807) is 0 Å². The maximum atomic E-state index is 12.9. The van der Waals surface area contributed by atoms with Gasteiger partial charge in [0.15, 0.2) is 6.10 Å². The molecular formula is C65H126O6. The zero-order chi connectivity index (χ0) is 51.9. The van der Waals surface area contributed by atoms with E-state index in [-0.39, 0.29) is 31.1 Å². The first kappa shape index (κ1) is 69.4. The molecule has 0 N–H and O–H groups in total. The highest BCUT2D eigenvalue weighted by atomic mass is 16.6. The summed E-state index contributed by atoms with van der Waals surface area (Å²) < 4.78 is 17.0. The molecule has 0 rings (SSSR count). The SMILES string of the molecule is CC(C)CCCCCCCCCCCCCCCCCCC(=O)OC[C@H](COC(=O)CCCCCCCCCCCCCCCCCC(C)C)OC(=O)CCCCCCCCCCCCCCCC(C)C. The first-order chi connectivity index (χ1) is 34.6. The summed E-state index contributed by atoms with van der Waals surface area (Å²) >= 11 is 0. The average Bonchev–Trinajstić information content (AvgIpc) is 3.33. The van der Waals surface area contributed by atoms with Crippen LogP contribution in [0.3, 0.4) is 0 Å². The van der Waals surface area contributed by atoms with Crippen LogP contribution in [0, 0.1) is 17.8 Å². The molecule has 0 aliphatic carbocycles. The molecular weight excluding hydrogens is 877 g/mol. The summed E-state index contributed by atoms with van der Waals surface area (Å²) in [6, 6.07) is 0. The summed E-state index contributed by atoms with van der Waals surface area (Å²) in [4.78, 5) is 38.3. The number of carbonyl (C=O) groups excluding carboxylic acids is 3. The van der Waals surface area contributed by atoms with Crippen molar-refractivity contribution in [2.45, 2.75) is 369 Å². The van der Waals surface area contributed by atoms with E-state index in [0.29, 0.717) is 19.3 Å². The fourth-order valence-corrected chi connectivity index (χ4v) is 10.1. The summed E-state index contributed by atoms with van der Waals surface area (Å²) in [5.41, 5.74) is 0. The number of ether oxygens (including phenoxy) is 3. The molecule has 0 spiro atoms.